The molecule has 0 spiro atoms. The fourth-order valence-corrected chi connectivity index (χ4v) is 3.30. The van der Waals surface area contributed by atoms with Gasteiger partial charge in [-0.1, -0.05) is 47.5 Å². The minimum Gasteiger partial charge on any atom is -0.343 e. The molecule has 0 aliphatic carbocycles. The molecule has 6 nitrogen and oxygen atoms in total. The number of hydrogen-bond donors (Lipinski definition) is 2. The number of carbonyl (C=O) groups is 2. The lowest BCUT2D eigenvalue weighted by molar-refractivity contribution is -0.115. The largest absolute Gasteiger partial charge is 0.343 e. The highest BCUT2D eigenvalue weighted by Gasteiger charge is 2.21. The summed E-state index contributed by atoms with van der Waals surface area (Å²) in [5.74, 6) is -0.877. The number of nitrogens with one attached hydrogen (secondary N) is 2. The molecule has 28 heavy (non-hydrogen) atoms. The maximum Gasteiger partial charge on any atom is 0.256 e. The van der Waals surface area contributed by atoms with Gasteiger partial charge in [0.2, 0.25) is 5.91 Å². The Bertz CT molecular complexity index is 1030. The predicted molar refractivity (Wildman–Crippen MR) is 110 cm³/mol. The molecule has 0 saturated heterocycles. The lowest BCUT2D eigenvalue weighted by Gasteiger charge is -2.09. The Morgan fingerprint density at radius 1 is 1.07 bits per heavy atom. The van der Waals surface area contributed by atoms with Crippen LogP contribution in [0.25, 0.3) is 5.69 Å². The molecular weight excluding hydrogens is 399 g/mol. The van der Waals surface area contributed by atoms with Gasteiger partial charge in [-0.3, -0.25) is 9.59 Å². The zero-order chi connectivity index (χ0) is 20.3. The van der Waals surface area contributed by atoms with Crippen LogP contribution in [0, 0.1) is 13.8 Å². The van der Waals surface area contributed by atoms with Crippen LogP contribution < -0.4 is 10.6 Å². The van der Waals surface area contributed by atoms with E-state index in [9.17, 15) is 9.59 Å². The van der Waals surface area contributed by atoms with E-state index in [-0.39, 0.29) is 17.3 Å². The Labute approximate surface area is 172 Å². The van der Waals surface area contributed by atoms with Crippen LogP contribution in [-0.2, 0) is 4.79 Å². The molecule has 3 rings (SSSR count). The van der Waals surface area contributed by atoms with Crippen molar-refractivity contribution in [1.82, 2.24) is 15.1 Å². The van der Waals surface area contributed by atoms with Gasteiger partial charge < -0.3 is 10.6 Å². The van der Waals surface area contributed by atoms with Crippen LogP contribution in [0.4, 0.5) is 5.69 Å². The molecule has 0 atom stereocenters. The Hall–Kier alpha value is -2.83. The molecule has 2 aromatic carbocycles. The fourth-order valence-electron chi connectivity index (χ4n) is 2.66. The first-order chi connectivity index (χ1) is 13.4. The molecule has 3 aromatic rings. The van der Waals surface area contributed by atoms with Crippen LogP contribution in [0.3, 0.4) is 0 Å². The highest BCUT2D eigenvalue weighted by molar-refractivity contribution is 6.34. The Morgan fingerprint density at radius 2 is 1.79 bits per heavy atom. The van der Waals surface area contributed by atoms with Crippen molar-refractivity contribution in [2.45, 2.75) is 13.8 Å². The average Bonchev–Trinajstić information content (AvgIpc) is 2.97. The predicted octanol–water partition coefficient (Wildman–Crippen LogP) is 4.16. The standard InChI is InChI=1S/C20H18Cl2N4O2/c1-12-8-9-16(15(21)10-12)24-17(27)11-23-20(28)18-13(2)25-26(19(18)22)14-6-4-3-5-7-14/h3-10H,11H2,1-2H3,(H,23,28)(H,24,27). The lowest BCUT2D eigenvalue weighted by Crippen LogP contribution is -2.33. The molecule has 2 N–H and O–H groups in total. The molecule has 0 saturated carbocycles. The molecule has 0 bridgehead atoms. The van der Waals surface area contributed by atoms with Crippen LogP contribution in [0.15, 0.2) is 48.5 Å². The Balaban J connectivity index is 1.68. The van der Waals surface area contributed by atoms with Crippen LogP contribution in [0.1, 0.15) is 21.6 Å². The number of amides is 2. The van der Waals surface area contributed by atoms with E-state index in [0.717, 1.165) is 11.3 Å². The molecular formula is C20H18Cl2N4O2. The quantitative estimate of drug-likeness (QED) is 0.655. The van der Waals surface area contributed by atoms with E-state index in [2.05, 4.69) is 15.7 Å². The highest BCUT2D eigenvalue weighted by Crippen LogP contribution is 2.24. The average molecular weight is 417 g/mol. The summed E-state index contributed by atoms with van der Waals surface area (Å²) in [6.45, 7) is 3.36. The summed E-state index contributed by atoms with van der Waals surface area (Å²) in [4.78, 5) is 24.7. The van der Waals surface area contributed by atoms with E-state index in [0.29, 0.717) is 16.4 Å². The highest BCUT2D eigenvalue weighted by atomic mass is 35.5. The van der Waals surface area contributed by atoms with Gasteiger partial charge in [-0.25, -0.2) is 4.68 Å². The minimum atomic E-state index is -0.477. The van der Waals surface area contributed by atoms with Gasteiger partial charge in [0, 0.05) is 0 Å². The normalized spacial score (nSPS) is 10.6. The van der Waals surface area contributed by atoms with E-state index in [1.54, 1.807) is 19.1 Å². The summed E-state index contributed by atoms with van der Waals surface area (Å²) in [7, 11) is 0. The molecule has 8 heteroatoms. The number of carbonyl (C=O) groups excluding carboxylic acids is 2. The second kappa shape index (κ2) is 8.46. The number of benzene rings is 2. The van der Waals surface area contributed by atoms with E-state index in [1.165, 1.54) is 4.68 Å². The first-order valence-corrected chi connectivity index (χ1v) is 9.27. The summed E-state index contributed by atoms with van der Waals surface area (Å²) < 4.78 is 1.48. The van der Waals surface area contributed by atoms with Gasteiger partial charge in [0.25, 0.3) is 5.91 Å². The molecule has 0 unspecified atom stereocenters. The van der Waals surface area contributed by atoms with E-state index < -0.39 is 11.8 Å². The second-order valence-electron chi connectivity index (χ2n) is 6.21. The third kappa shape index (κ3) is 4.35. The SMILES string of the molecule is Cc1ccc(NC(=O)CNC(=O)c2c(C)nn(-c3ccccc3)c2Cl)c(Cl)c1. The minimum absolute atomic E-state index is 0.184. The molecule has 0 fully saturated rings. The third-order valence-electron chi connectivity index (χ3n) is 4.04. The maximum absolute atomic E-state index is 12.5. The van der Waals surface area contributed by atoms with Crippen molar-refractivity contribution < 1.29 is 9.59 Å². The topological polar surface area (TPSA) is 76.0 Å². The van der Waals surface area contributed by atoms with Gasteiger partial charge in [-0.15, -0.1) is 0 Å². The van der Waals surface area contributed by atoms with Gasteiger partial charge in [-0.2, -0.15) is 5.10 Å². The van der Waals surface area contributed by atoms with Crippen molar-refractivity contribution in [3.63, 3.8) is 0 Å². The number of aryl methyl sites for hydroxylation is 2. The Morgan fingerprint density at radius 3 is 2.46 bits per heavy atom. The van der Waals surface area contributed by atoms with Crippen LogP contribution in [0.2, 0.25) is 10.2 Å². The van der Waals surface area contributed by atoms with E-state index in [1.807, 2.05) is 43.3 Å². The number of hydrogen-bond acceptors (Lipinski definition) is 3. The van der Waals surface area contributed by atoms with Crippen molar-refractivity contribution >= 4 is 40.7 Å². The molecule has 0 aliphatic heterocycles. The molecule has 144 valence electrons. The maximum atomic E-state index is 12.5. The monoisotopic (exact) mass is 416 g/mol. The van der Waals surface area contributed by atoms with Gasteiger partial charge in [-0.05, 0) is 43.7 Å². The zero-order valence-corrected chi connectivity index (χ0v) is 16.8. The number of aromatic nitrogens is 2. The lowest BCUT2D eigenvalue weighted by atomic mass is 10.2. The van der Waals surface area contributed by atoms with Crippen LogP contribution in [0.5, 0.6) is 0 Å². The summed E-state index contributed by atoms with van der Waals surface area (Å²) in [5, 5.41) is 10.2. The number of halogens is 2. The molecule has 0 aliphatic rings. The summed E-state index contributed by atoms with van der Waals surface area (Å²) in [6.07, 6.45) is 0. The summed E-state index contributed by atoms with van der Waals surface area (Å²) >= 11 is 12.5. The molecule has 0 radical (unpaired) electrons. The smallest absolute Gasteiger partial charge is 0.256 e. The van der Waals surface area contributed by atoms with E-state index in [4.69, 9.17) is 23.2 Å². The second-order valence-corrected chi connectivity index (χ2v) is 6.98. The third-order valence-corrected chi connectivity index (χ3v) is 4.70. The van der Waals surface area contributed by atoms with Crippen molar-refractivity contribution in [2.75, 3.05) is 11.9 Å². The zero-order valence-electron chi connectivity index (χ0n) is 15.3. The van der Waals surface area contributed by atoms with Crippen molar-refractivity contribution in [3.8, 4) is 5.69 Å². The van der Waals surface area contributed by atoms with Crippen molar-refractivity contribution in [1.29, 1.82) is 0 Å². The van der Waals surface area contributed by atoms with Crippen molar-refractivity contribution in [3.05, 3.63) is 75.5 Å². The van der Waals surface area contributed by atoms with E-state index >= 15 is 0 Å². The van der Waals surface area contributed by atoms with Crippen molar-refractivity contribution in [2.24, 2.45) is 0 Å². The fraction of sp³-hybridized carbons (Fsp3) is 0.150. The number of nitrogens with zero attached hydrogens (tertiary/aromatic N) is 2. The Kier molecular flexibility index (Phi) is 6.02. The molecule has 2 amide bonds. The number of para-hydroxylation sites is 1. The molecule has 1 aromatic heterocycles. The number of rotatable bonds is 5. The van der Waals surface area contributed by atoms with Crippen LogP contribution >= 0.6 is 23.2 Å². The van der Waals surface area contributed by atoms with Gasteiger partial charge in [0.15, 0.2) is 0 Å². The molecule has 1 heterocycles. The van der Waals surface area contributed by atoms with Gasteiger partial charge in [0.05, 0.1) is 34.2 Å². The summed E-state index contributed by atoms with van der Waals surface area (Å²) in [5.41, 5.74) is 2.90. The number of anilines is 1. The van der Waals surface area contributed by atoms with Crippen LogP contribution in [-0.4, -0.2) is 28.1 Å². The van der Waals surface area contributed by atoms with Gasteiger partial charge in [0.1, 0.15) is 5.15 Å². The summed E-state index contributed by atoms with van der Waals surface area (Å²) in [6, 6.07) is 14.5. The van der Waals surface area contributed by atoms with Gasteiger partial charge >= 0.3 is 0 Å². The first kappa shape index (κ1) is 19.9. The first-order valence-electron chi connectivity index (χ1n) is 8.51.